The lowest BCUT2D eigenvalue weighted by Crippen LogP contribution is -2.18. The fourth-order valence-corrected chi connectivity index (χ4v) is 0.204. The standard InChI is InChI=1S/C5H10O2.C4H10O.C3H6O.2C2H4O.2CH4/c1-5(2,7)3-4-6;1-3-4(2)5;1-3(2)4;2*1-2-3;;/h4,7H,3H2,1-2H3;4-5H,3H2,1-2H3;1-2H3;2*2H,1H3;2*1H4. The number of hydrogen-bond acceptors (Lipinski definition) is 6. The minimum absolute atomic E-state index is 0. The maximum Gasteiger partial charge on any atom is 0.126 e. The zero-order valence-electron chi connectivity index (χ0n) is 15.3. The summed E-state index contributed by atoms with van der Waals surface area (Å²) < 4.78 is 0. The second kappa shape index (κ2) is 37.7. The summed E-state index contributed by atoms with van der Waals surface area (Å²) in [5.74, 6) is 0.167. The molecule has 0 aliphatic rings. The molecule has 0 saturated heterocycles. The van der Waals surface area contributed by atoms with E-state index in [1.165, 1.54) is 27.7 Å². The quantitative estimate of drug-likeness (QED) is 0.752. The van der Waals surface area contributed by atoms with Gasteiger partial charge in [-0.05, 0) is 54.9 Å². The zero-order valence-corrected chi connectivity index (χ0v) is 15.3. The number of rotatable bonds is 3. The largest absolute Gasteiger partial charge is 0.393 e. The van der Waals surface area contributed by atoms with E-state index in [2.05, 4.69) is 0 Å². The topological polar surface area (TPSA) is 109 Å². The number of Topliss-reactive ketones (excluding diaryl/α,β-unsaturated/α-hetero) is 1. The normalized spacial score (nSPS) is 8.58. The number of carbonyl (C=O) groups is 4. The van der Waals surface area contributed by atoms with E-state index in [4.69, 9.17) is 19.8 Å². The molecule has 6 nitrogen and oxygen atoms in total. The summed E-state index contributed by atoms with van der Waals surface area (Å²) in [5, 5.41) is 17.1. The fraction of sp³-hybridized carbons (Fsp3) is 0.778. The molecule has 0 heterocycles. The van der Waals surface area contributed by atoms with E-state index >= 15 is 0 Å². The van der Waals surface area contributed by atoms with Gasteiger partial charge in [0.05, 0.1) is 11.7 Å². The molecule has 0 aliphatic heterocycles. The number of aliphatic hydroxyl groups excluding tert-OH is 1. The Hall–Kier alpha value is -1.40. The highest BCUT2D eigenvalue weighted by Gasteiger charge is 2.09. The molecule has 0 spiro atoms. The molecule has 0 fully saturated rings. The van der Waals surface area contributed by atoms with Gasteiger partial charge in [-0.1, -0.05) is 21.8 Å². The Balaban J connectivity index is -0.0000000307. The van der Waals surface area contributed by atoms with Crippen molar-refractivity contribution in [1.29, 1.82) is 0 Å². The summed E-state index contributed by atoms with van der Waals surface area (Å²) >= 11 is 0. The summed E-state index contributed by atoms with van der Waals surface area (Å²) in [4.78, 5) is 36.7. The number of aliphatic hydroxyl groups is 2. The van der Waals surface area contributed by atoms with Crippen LogP contribution in [0.2, 0.25) is 0 Å². The molecule has 6 heteroatoms. The molecule has 0 saturated carbocycles. The highest BCUT2D eigenvalue weighted by atomic mass is 16.3. The van der Waals surface area contributed by atoms with Gasteiger partial charge in [0, 0.05) is 6.42 Å². The molecule has 0 amide bonds. The Labute approximate surface area is 149 Å². The number of ketones is 1. The predicted molar refractivity (Wildman–Crippen MR) is 102 cm³/mol. The van der Waals surface area contributed by atoms with Crippen molar-refractivity contribution >= 4 is 24.6 Å². The Morgan fingerprint density at radius 1 is 1.04 bits per heavy atom. The van der Waals surface area contributed by atoms with Gasteiger partial charge in [0.15, 0.2) is 0 Å². The molecule has 1 atom stereocenters. The second-order valence-electron chi connectivity index (χ2n) is 4.82. The summed E-state index contributed by atoms with van der Waals surface area (Å²) in [6, 6.07) is 0. The van der Waals surface area contributed by atoms with Crippen molar-refractivity contribution in [2.24, 2.45) is 0 Å². The van der Waals surface area contributed by atoms with E-state index in [9.17, 15) is 9.59 Å². The maximum atomic E-state index is 9.66. The first-order valence-corrected chi connectivity index (χ1v) is 7.00. The number of carbonyl (C=O) groups excluding carboxylic acids is 4. The summed E-state index contributed by atoms with van der Waals surface area (Å²) in [6.45, 7) is 12.9. The molecule has 0 radical (unpaired) electrons. The third kappa shape index (κ3) is 374. The maximum absolute atomic E-state index is 9.66. The van der Waals surface area contributed by atoms with Crippen LogP contribution in [0.1, 0.15) is 83.1 Å². The second-order valence-corrected chi connectivity index (χ2v) is 4.82. The average molecular weight is 355 g/mol. The molecule has 0 aromatic carbocycles. The minimum atomic E-state index is -0.818. The lowest BCUT2D eigenvalue weighted by atomic mass is 10.1. The first-order chi connectivity index (χ1) is 9.89. The number of aldehydes is 3. The van der Waals surface area contributed by atoms with E-state index < -0.39 is 5.60 Å². The molecule has 150 valence electrons. The van der Waals surface area contributed by atoms with Crippen LogP contribution >= 0.6 is 0 Å². The van der Waals surface area contributed by atoms with Crippen molar-refractivity contribution in [3.8, 4) is 0 Å². The molecule has 0 rings (SSSR count). The van der Waals surface area contributed by atoms with Gasteiger partial charge in [0.25, 0.3) is 0 Å². The van der Waals surface area contributed by atoms with Gasteiger partial charge < -0.3 is 29.4 Å². The van der Waals surface area contributed by atoms with Crippen LogP contribution in [0.3, 0.4) is 0 Å². The first-order valence-electron chi connectivity index (χ1n) is 7.00. The van der Waals surface area contributed by atoms with Crippen molar-refractivity contribution in [2.45, 2.75) is 94.8 Å². The smallest absolute Gasteiger partial charge is 0.126 e. The van der Waals surface area contributed by atoms with Crippen LogP contribution in [0.25, 0.3) is 0 Å². The van der Waals surface area contributed by atoms with Crippen molar-refractivity contribution < 1.29 is 29.4 Å². The van der Waals surface area contributed by atoms with Crippen LogP contribution in [0.15, 0.2) is 0 Å². The molecule has 0 aliphatic carbocycles. The lowest BCUT2D eigenvalue weighted by Gasteiger charge is -2.10. The Bertz CT molecular complexity index is 232. The van der Waals surface area contributed by atoms with E-state index in [1.807, 2.05) is 6.92 Å². The van der Waals surface area contributed by atoms with E-state index in [-0.39, 0.29) is 33.2 Å². The predicted octanol–water partition coefficient (Wildman–Crippen LogP) is 3.40. The van der Waals surface area contributed by atoms with Crippen molar-refractivity contribution in [2.75, 3.05) is 0 Å². The van der Waals surface area contributed by atoms with E-state index in [0.29, 0.717) is 6.29 Å². The van der Waals surface area contributed by atoms with Crippen LogP contribution in [0.4, 0.5) is 0 Å². The molecule has 0 aromatic rings. The first kappa shape index (κ1) is 43.3. The minimum Gasteiger partial charge on any atom is -0.393 e. The van der Waals surface area contributed by atoms with Gasteiger partial charge in [-0.3, -0.25) is 0 Å². The molecular formula is C18H42O6. The van der Waals surface area contributed by atoms with E-state index in [0.717, 1.165) is 19.0 Å². The zero-order chi connectivity index (χ0) is 19.2. The summed E-state index contributed by atoms with van der Waals surface area (Å²) in [5.41, 5.74) is -0.818. The average Bonchev–Trinajstić information content (AvgIpc) is 2.29. The van der Waals surface area contributed by atoms with Crippen molar-refractivity contribution in [1.82, 2.24) is 0 Å². The molecule has 1 unspecified atom stereocenters. The Kier molecular flexibility index (Phi) is 68.0. The van der Waals surface area contributed by atoms with E-state index in [1.54, 1.807) is 20.8 Å². The highest BCUT2D eigenvalue weighted by molar-refractivity contribution is 5.72. The van der Waals surface area contributed by atoms with Crippen LogP contribution in [-0.2, 0) is 19.2 Å². The highest BCUT2D eigenvalue weighted by Crippen LogP contribution is 2.02. The lowest BCUT2D eigenvalue weighted by molar-refractivity contribution is -0.115. The summed E-state index contributed by atoms with van der Waals surface area (Å²) in [7, 11) is 0. The van der Waals surface area contributed by atoms with Crippen LogP contribution in [-0.4, -0.2) is 46.6 Å². The van der Waals surface area contributed by atoms with Gasteiger partial charge in [0.2, 0.25) is 0 Å². The molecular weight excluding hydrogens is 312 g/mol. The van der Waals surface area contributed by atoms with Crippen LogP contribution in [0.5, 0.6) is 0 Å². The van der Waals surface area contributed by atoms with Crippen LogP contribution in [0, 0.1) is 0 Å². The van der Waals surface area contributed by atoms with Crippen molar-refractivity contribution in [3.63, 3.8) is 0 Å². The molecule has 0 aromatic heterocycles. The van der Waals surface area contributed by atoms with Crippen molar-refractivity contribution in [3.05, 3.63) is 0 Å². The van der Waals surface area contributed by atoms with Gasteiger partial charge in [-0.2, -0.15) is 0 Å². The van der Waals surface area contributed by atoms with Gasteiger partial charge in [-0.15, -0.1) is 0 Å². The van der Waals surface area contributed by atoms with Gasteiger partial charge in [-0.25, -0.2) is 0 Å². The molecule has 24 heavy (non-hydrogen) atoms. The third-order valence-corrected chi connectivity index (χ3v) is 1.17. The Morgan fingerprint density at radius 2 is 1.21 bits per heavy atom. The third-order valence-electron chi connectivity index (χ3n) is 1.17. The van der Waals surface area contributed by atoms with Gasteiger partial charge in [0.1, 0.15) is 24.6 Å². The van der Waals surface area contributed by atoms with Crippen LogP contribution < -0.4 is 0 Å². The molecule has 2 N–H and O–H groups in total. The SMILES string of the molecule is C.C.CC(C)(O)CC=O.CC(C)=O.CC=O.CC=O.CCC(C)O. The molecule has 0 bridgehead atoms. The number of hydrogen-bond donors (Lipinski definition) is 2. The fourth-order valence-electron chi connectivity index (χ4n) is 0.204. The summed E-state index contributed by atoms with van der Waals surface area (Å²) in [6.07, 6.45) is 3.17. The monoisotopic (exact) mass is 354 g/mol. The van der Waals surface area contributed by atoms with Gasteiger partial charge >= 0.3 is 0 Å². The Morgan fingerprint density at radius 3 is 1.21 bits per heavy atom.